The molecular weight excluding hydrogens is 367 g/mol. The SMILES string of the molecule is CC(C)(C)c1nc(NC(=O)c2cc(F)c(F)cc2F)sc1-n1cncn1. The Morgan fingerprint density at radius 2 is 1.85 bits per heavy atom. The van der Waals surface area contributed by atoms with Crippen molar-refractivity contribution in [3.8, 4) is 5.00 Å². The van der Waals surface area contributed by atoms with Gasteiger partial charge in [-0.1, -0.05) is 32.1 Å². The Morgan fingerprint density at radius 3 is 2.46 bits per heavy atom. The third-order valence-electron chi connectivity index (χ3n) is 3.42. The number of carbonyl (C=O) groups excluding carboxylic acids is 1. The van der Waals surface area contributed by atoms with Crippen LogP contribution in [0.3, 0.4) is 0 Å². The maximum atomic E-state index is 13.8. The minimum atomic E-state index is -1.36. The molecule has 26 heavy (non-hydrogen) atoms. The van der Waals surface area contributed by atoms with Gasteiger partial charge in [0.15, 0.2) is 16.8 Å². The van der Waals surface area contributed by atoms with Crippen molar-refractivity contribution >= 4 is 22.4 Å². The molecule has 0 saturated carbocycles. The zero-order valence-corrected chi connectivity index (χ0v) is 14.9. The van der Waals surface area contributed by atoms with Crippen molar-refractivity contribution in [2.24, 2.45) is 0 Å². The first kappa shape index (κ1) is 18.1. The van der Waals surface area contributed by atoms with Gasteiger partial charge >= 0.3 is 0 Å². The second-order valence-corrected chi connectivity index (χ2v) is 7.44. The van der Waals surface area contributed by atoms with Crippen LogP contribution in [0.4, 0.5) is 18.3 Å². The number of anilines is 1. The van der Waals surface area contributed by atoms with Crippen LogP contribution in [0, 0.1) is 17.5 Å². The summed E-state index contributed by atoms with van der Waals surface area (Å²) < 4.78 is 41.6. The number of amides is 1. The molecule has 10 heteroatoms. The number of thiazole rings is 1. The topological polar surface area (TPSA) is 72.7 Å². The van der Waals surface area contributed by atoms with Crippen LogP contribution in [0.5, 0.6) is 0 Å². The van der Waals surface area contributed by atoms with E-state index < -0.39 is 28.9 Å². The summed E-state index contributed by atoms with van der Waals surface area (Å²) in [6.45, 7) is 5.80. The lowest BCUT2D eigenvalue weighted by Crippen LogP contribution is -2.17. The Bertz CT molecular complexity index is 963. The standard InChI is InChI=1S/C16H14F3N5OS/c1-16(2,3)12-14(24-7-20-6-21-24)26-15(22-12)23-13(25)8-4-10(18)11(19)5-9(8)17/h4-7H,1-3H3,(H,22,23,25). The van der Waals surface area contributed by atoms with Gasteiger partial charge in [0.2, 0.25) is 0 Å². The summed E-state index contributed by atoms with van der Waals surface area (Å²) in [4.78, 5) is 20.5. The first-order valence-corrected chi connectivity index (χ1v) is 8.30. The van der Waals surface area contributed by atoms with Crippen molar-refractivity contribution in [2.75, 3.05) is 5.32 Å². The molecule has 0 atom stereocenters. The molecule has 0 fully saturated rings. The van der Waals surface area contributed by atoms with E-state index in [-0.39, 0.29) is 10.5 Å². The van der Waals surface area contributed by atoms with Crippen LogP contribution in [0.1, 0.15) is 36.8 Å². The van der Waals surface area contributed by atoms with Crippen LogP contribution >= 0.6 is 11.3 Å². The molecule has 0 aliphatic heterocycles. The summed E-state index contributed by atoms with van der Waals surface area (Å²) in [5.74, 6) is -4.77. The highest BCUT2D eigenvalue weighted by atomic mass is 32.1. The summed E-state index contributed by atoms with van der Waals surface area (Å²) in [7, 11) is 0. The maximum absolute atomic E-state index is 13.8. The number of nitrogens with one attached hydrogen (secondary N) is 1. The Hall–Kier alpha value is -2.75. The monoisotopic (exact) mass is 381 g/mol. The minimum Gasteiger partial charge on any atom is -0.298 e. The fraction of sp³-hybridized carbons (Fsp3) is 0.250. The Balaban J connectivity index is 1.96. The molecule has 1 aromatic carbocycles. The molecule has 1 amide bonds. The highest BCUT2D eigenvalue weighted by molar-refractivity contribution is 7.18. The molecule has 0 unspecified atom stereocenters. The lowest BCUT2D eigenvalue weighted by Gasteiger charge is -2.16. The number of aromatic nitrogens is 4. The number of benzene rings is 1. The predicted molar refractivity (Wildman–Crippen MR) is 90.0 cm³/mol. The fourth-order valence-electron chi connectivity index (χ4n) is 2.18. The van der Waals surface area contributed by atoms with Crippen molar-refractivity contribution in [2.45, 2.75) is 26.2 Å². The van der Waals surface area contributed by atoms with Crippen molar-refractivity contribution in [1.82, 2.24) is 19.7 Å². The second-order valence-electron chi connectivity index (χ2n) is 6.46. The third-order valence-corrected chi connectivity index (χ3v) is 4.38. The number of carbonyl (C=O) groups is 1. The largest absolute Gasteiger partial charge is 0.298 e. The molecule has 0 bridgehead atoms. The van der Waals surface area contributed by atoms with Gasteiger partial charge in [0.05, 0.1) is 11.3 Å². The van der Waals surface area contributed by atoms with Crippen molar-refractivity contribution in [1.29, 1.82) is 0 Å². The Morgan fingerprint density at radius 1 is 1.15 bits per heavy atom. The van der Waals surface area contributed by atoms with E-state index in [2.05, 4.69) is 20.4 Å². The quantitative estimate of drug-likeness (QED) is 0.703. The lowest BCUT2D eigenvalue weighted by atomic mass is 9.92. The van der Waals surface area contributed by atoms with Gasteiger partial charge in [-0.25, -0.2) is 27.8 Å². The van der Waals surface area contributed by atoms with Crippen molar-refractivity contribution < 1.29 is 18.0 Å². The van der Waals surface area contributed by atoms with Crippen LogP contribution in [0.25, 0.3) is 5.00 Å². The molecule has 0 spiro atoms. The van der Waals surface area contributed by atoms with E-state index in [9.17, 15) is 18.0 Å². The zero-order chi connectivity index (χ0) is 19.1. The smallest absolute Gasteiger partial charge is 0.260 e. The van der Waals surface area contributed by atoms with E-state index in [1.807, 2.05) is 20.8 Å². The van der Waals surface area contributed by atoms with E-state index in [1.165, 1.54) is 17.3 Å². The van der Waals surface area contributed by atoms with Gasteiger partial charge in [-0.15, -0.1) is 0 Å². The lowest BCUT2D eigenvalue weighted by molar-refractivity contribution is 0.102. The van der Waals surface area contributed by atoms with Gasteiger partial charge in [-0.05, 0) is 6.07 Å². The predicted octanol–water partition coefficient (Wildman–Crippen LogP) is 3.69. The zero-order valence-electron chi connectivity index (χ0n) is 14.0. The Labute approximate surface area is 150 Å². The number of halogens is 3. The molecule has 136 valence electrons. The normalized spacial score (nSPS) is 11.6. The van der Waals surface area contributed by atoms with Gasteiger partial charge in [0.1, 0.15) is 23.5 Å². The number of nitrogens with zero attached hydrogens (tertiary/aromatic N) is 4. The van der Waals surface area contributed by atoms with E-state index in [0.29, 0.717) is 22.8 Å². The van der Waals surface area contributed by atoms with Gasteiger partial charge in [0.25, 0.3) is 5.91 Å². The average Bonchev–Trinajstić information content (AvgIpc) is 3.19. The molecule has 0 saturated heterocycles. The highest BCUT2D eigenvalue weighted by Crippen LogP contribution is 2.34. The third kappa shape index (κ3) is 3.45. The molecule has 0 aliphatic carbocycles. The summed E-state index contributed by atoms with van der Waals surface area (Å²) >= 11 is 1.11. The fourth-order valence-corrected chi connectivity index (χ4v) is 3.28. The van der Waals surface area contributed by atoms with E-state index in [4.69, 9.17) is 0 Å². The van der Waals surface area contributed by atoms with Gasteiger partial charge in [-0.2, -0.15) is 5.10 Å². The molecule has 3 aromatic rings. The molecule has 6 nitrogen and oxygen atoms in total. The maximum Gasteiger partial charge on any atom is 0.260 e. The summed E-state index contributed by atoms with van der Waals surface area (Å²) in [5, 5.41) is 7.29. The van der Waals surface area contributed by atoms with Gasteiger partial charge < -0.3 is 0 Å². The van der Waals surface area contributed by atoms with Gasteiger partial charge in [0, 0.05) is 11.5 Å². The molecule has 2 aromatic heterocycles. The Kier molecular flexibility index (Phi) is 4.53. The van der Waals surface area contributed by atoms with E-state index in [0.717, 1.165) is 11.3 Å². The van der Waals surface area contributed by atoms with Crippen LogP contribution in [0.2, 0.25) is 0 Å². The van der Waals surface area contributed by atoms with E-state index in [1.54, 1.807) is 0 Å². The average molecular weight is 381 g/mol. The van der Waals surface area contributed by atoms with E-state index >= 15 is 0 Å². The van der Waals surface area contributed by atoms with Crippen LogP contribution < -0.4 is 5.32 Å². The highest BCUT2D eigenvalue weighted by Gasteiger charge is 2.26. The minimum absolute atomic E-state index is 0.176. The van der Waals surface area contributed by atoms with Crippen molar-refractivity contribution in [3.05, 3.63) is 53.5 Å². The first-order valence-electron chi connectivity index (χ1n) is 7.49. The molecule has 1 N–H and O–H groups in total. The molecule has 0 radical (unpaired) electrons. The van der Waals surface area contributed by atoms with Crippen LogP contribution in [-0.2, 0) is 5.41 Å². The molecule has 2 heterocycles. The van der Waals surface area contributed by atoms with Crippen LogP contribution in [0.15, 0.2) is 24.8 Å². The number of rotatable bonds is 3. The van der Waals surface area contributed by atoms with Crippen LogP contribution in [-0.4, -0.2) is 25.7 Å². The summed E-state index contributed by atoms with van der Waals surface area (Å²) in [5.41, 5.74) is -0.332. The van der Waals surface area contributed by atoms with Gasteiger partial charge in [-0.3, -0.25) is 10.1 Å². The molecule has 0 aliphatic rings. The van der Waals surface area contributed by atoms with Crippen molar-refractivity contribution in [3.63, 3.8) is 0 Å². The summed E-state index contributed by atoms with van der Waals surface area (Å²) in [6, 6.07) is 0.837. The molecule has 3 rings (SSSR count). The summed E-state index contributed by atoms with van der Waals surface area (Å²) in [6.07, 6.45) is 2.85. The second kappa shape index (κ2) is 6.52. The number of hydrogen-bond donors (Lipinski definition) is 1. The molecular formula is C16H14F3N5OS. The first-order chi connectivity index (χ1) is 12.2. The number of hydrogen-bond acceptors (Lipinski definition) is 5.